The molecule has 2 N–H and O–H groups in total. The zero-order valence-electron chi connectivity index (χ0n) is 28.9. The van der Waals surface area contributed by atoms with Gasteiger partial charge in [0.1, 0.15) is 5.65 Å². The predicted molar refractivity (Wildman–Crippen MR) is 202 cm³/mol. The zero-order chi connectivity index (χ0) is 35.2. The number of likely N-dealkylation sites (tertiary alicyclic amines) is 1. The Morgan fingerprint density at radius 2 is 1.78 bits per heavy atom. The maximum Gasteiger partial charge on any atom is 0.322 e. The molecule has 7 rings (SSSR count). The summed E-state index contributed by atoms with van der Waals surface area (Å²) in [7, 11) is 0. The van der Waals surface area contributed by atoms with E-state index in [0.717, 1.165) is 46.9 Å². The van der Waals surface area contributed by atoms with Crippen LogP contribution in [0.1, 0.15) is 43.7 Å². The fraction of sp³-hybridized carbons (Fsp3) is 0.244. The van der Waals surface area contributed by atoms with E-state index in [-0.39, 0.29) is 12.5 Å². The van der Waals surface area contributed by atoms with E-state index < -0.39 is 0 Å². The normalized spacial score (nSPS) is 14.4. The highest BCUT2D eigenvalue weighted by atomic mass is 16.2. The quantitative estimate of drug-likeness (QED) is 0.142. The second-order valence-electron chi connectivity index (χ2n) is 13.2. The van der Waals surface area contributed by atoms with Crippen LogP contribution in [-0.4, -0.2) is 60.9 Å². The van der Waals surface area contributed by atoms with Gasteiger partial charge in [-0.25, -0.2) is 19.7 Å². The highest BCUT2D eigenvalue weighted by molar-refractivity contribution is 5.91. The van der Waals surface area contributed by atoms with E-state index in [0.29, 0.717) is 42.4 Å². The minimum absolute atomic E-state index is 0.240. The van der Waals surface area contributed by atoms with E-state index in [1.165, 1.54) is 12.0 Å². The molecule has 1 fully saturated rings. The molecule has 0 aliphatic carbocycles. The first-order chi connectivity index (χ1) is 24.9. The molecule has 1 unspecified atom stereocenters. The molecule has 3 aromatic carbocycles. The van der Waals surface area contributed by atoms with Gasteiger partial charge < -0.3 is 20.4 Å². The minimum atomic E-state index is -0.276. The van der Waals surface area contributed by atoms with Crippen molar-refractivity contribution in [2.24, 2.45) is 0 Å². The Morgan fingerprint density at radius 1 is 0.961 bits per heavy atom. The molecule has 1 aliphatic heterocycles. The molecule has 1 atom stereocenters. The van der Waals surface area contributed by atoms with Crippen molar-refractivity contribution < 1.29 is 4.79 Å². The Kier molecular flexibility index (Phi) is 9.99. The van der Waals surface area contributed by atoms with Gasteiger partial charge in [0.2, 0.25) is 5.95 Å². The number of hydrogen-bond donors (Lipinski definition) is 2. The smallest absolute Gasteiger partial charge is 0.322 e. The van der Waals surface area contributed by atoms with E-state index >= 15 is 0 Å². The average Bonchev–Trinajstić information content (AvgIpc) is 3.81. The Hall–Kier alpha value is -6.05. The molecular weight excluding hydrogens is 635 g/mol. The molecule has 10 heteroatoms. The van der Waals surface area contributed by atoms with Crippen molar-refractivity contribution in [2.45, 2.75) is 45.2 Å². The number of rotatable bonds is 11. The maximum atomic E-state index is 13.5. The lowest BCUT2D eigenvalue weighted by Gasteiger charge is -2.22. The van der Waals surface area contributed by atoms with Gasteiger partial charge in [-0.1, -0.05) is 60.7 Å². The van der Waals surface area contributed by atoms with Crippen molar-refractivity contribution in [3.05, 3.63) is 127 Å². The maximum absolute atomic E-state index is 13.5. The SMILES string of the molecule is CC(C)N1CCC(c2ccc(Nc3nccc(-c4c(-c5cccc(NC(=O)N(CCC#N)Cc6ccccc6)c5)nc5ccccn45)n3)cc2)C1. The molecule has 0 spiro atoms. The van der Waals surface area contributed by atoms with Crippen LogP contribution in [-0.2, 0) is 6.54 Å². The average molecular weight is 676 g/mol. The third-order valence-electron chi connectivity index (χ3n) is 9.40. The standard InChI is InChI=1S/C41H41N9O/c1-29(2)48-25-20-33(28-48)31-15-17-34(18-16-31)44-40-43-22-19-36(46-40)39-38(47-37-14-6-7-24-50(37)39)32-12-8-13-35(26-32)45-41(51)49(23-9-21-42)27-30-10-4-3-5-11-30/h3-8,10-19,22,24,26,29,33H,9,20,23,25,27-28H2,1-2H3,(H,45,51)(H,43,44,46). The van der Waals surface area contributed by atoms with Gasteiger partial charge in [-0.2, -0.15) is 5.26 Å². The van der Waals surface area contributed by atoms with Crippen LogP contribution in [0.4, 0.5) is 22.1 Å². The van der Waals surface area contributed by atoms with Gasteiger partial charge in [-0.15, -0.1) is 0 Å². The van der Waals surface area contributed by atoms with Crippen LogP contribution in [0.5, 0.6) is 0 Å². The Balaban J connectivity index is 1.13. The molecule has 2 amide bonds. The van der Waals surface area contributed by atoms with Crippen molar-refractivity contribution in [1.29, 1.82) is 5.26 Å². The third kappa shape index (κ3) is 7.74. The largest absolute Gasteiger partial charge is 0.324 e. The van der Waals surface area contributed by atoms with Crippen LogP contribution < -0.4 is 10.6 Å². The van der Waals surface area contributed by atoms with Crippen molar-refractivity contribution in [3.63, 3.8) is 0 Å². The summed E-state index contributed by atoms with van der Waals surface area (Å²) in [6.07, 6.45) is 5.15. The number of imidazole rings is 1. The number of urea groups is 1. The summed E-state index contributed by atoms with van der Waals surface area (Å²) in [6, 6.07) is 36.2. The molecule has 0 bridgehead atoms. The fourth-order valence-electron chi connectivity index (χ4n) is 6.68. The second kappa shape index (κ2) is 15.2. The molecule has 0 saturated carbocycles. The first-order valence-electron chi connectivity index (χ1n) is 17.4. The van der Waals surface area contributed by atoms with Crippen LogP contribution in [0.25, 0.3) is 28.3 Å². The molecule has 6 aromatic rings. The second-order valence-corrected chi connectivity index (χ2v) is 13.2. The van der Waals surface area contributed by atoms with Gasteiger partial charge in [-0.05, 0) is 86.3 Å². The highest BCUT2D eigenvalue weighted by Gasteiger charge is 2.25. The highest BCUT2D eigenvalue weighted by Crippen LogP contribution is 2.34. The van der Waals surface area contributed by atoms with Gasteiger partial charge in [0.25, 0.3) is 0 Å². The zero-order valence-corrected chi connectivity index (χ0v) is 28.9. The summed E-state index contributed by atoms with van der Waals surface area (Å²) >= 11 is 0. The summed E-state index contributed by atoms with van der Waals surface area (Å²) in [6.45, 7) is 7.48. The number of pyridine rings is 1. The van der Waals surface area contributed by atoms with Crippen molar-refractivity contribution in [3.8, 4) is 28.7 Å². The molecule has 1 saturated heterocycles. The van der Waals surface area contributed by atoms with Crippen LogP contribution in [0.15, 0.2) is 116 Å². The summed E-state index contributed by atoms with van der Waals surface area (Å²) in [5, 5.41) is 15.7. The van der Waals surface area contributed by atoms with Gasteiger partial charge in [-0.3, -0.25) is 4.40 Å². The first-order valence-corrected chi connectivity index (χ1v) is 17.4. The van der Waals surface area contributed by atoms with Crippen molar-refractivity contribution >= 4 is 29.0 Å². The lowest BCUT2D eigenvalue weighted by molar-refractivity contribution is 0.210. The topological polar surface area (TPSA) is 114 Å². The number of amides is 2. The number of nitrogens with zero attached hydrogens (tertiary/aromatic N) is 7. The first kappa shape index (κ1) is 33.4. The summed E-state index contributed by atoms with van der Waals surface area (Å²) < 4.78 is 2.02. The monoisotopic (exact) mass is 675 g/mol. The van der Waals surface area contributed by atoms with Crippen molar-refractivity contribution in [1.82, 2.24) is 29.2 Å². The van der Waals surface area contributed by atoms with Gasteiger partial charge in [0.05, 0.1) is 29.6 Å². The molecule has 0 radical (unpaired) electrons. The summed E-state index contributed by atoms with van der Waals surface area (Å²) in [5.74, 6) is 1.04. The van der Waals surface area contributed by atoms with Gasteiger partial charge >= 0.3 is 6.03 Å². The number of carbonyl (C=O) groups excluding carboxylic acids is 1. The molecule has 10 nitrogen and oxygen atoms in total. The number of benzene rings is 3. The van der Waals surface area contributed by atoms with Crippen molar-refractivity contribution in [2.75, 3.05) is 30.3 Å². The molecule has 51 heavy (non-hydrogen) atoms. The third-order valence-corrected chi connectivity index (χ3v) is 9.40. The number of aromatic nitrogens is 4. The lowest BCUT2D eigenvalue weighted by Crippen LogP contribution is -2.35. The van der Waals surface area contributed by atoms with Gasteiger partial charge in [0.15, 0.2) is 0 Å². The number of fused-ring (bicyclic) bond motifs is 1. The van der Waals surface area contributed by atoms with E-state index in [1.807, 2.05) is 89.5 Å². The van der Waals surface area contributed by atoms with Crippen LogP contribution in [0.2, 0.25) is 0 Å². The molecule has 4 heterocycles. The summed E-state index contributed by atoms with van der Waals surface area (Å²) in [5.41, 5.74) is 7.74. The molecular formula is C41H41N9O. The van der Waals surface area contributed by atoms with E-state index in [9.17, 15) is 10.1 Å². The Morgan fingerprint density at radius 3 is 2.57 bits per heavy atom. The summed E-state index contributed by atoms with van der Waals surface area (Å²) in [4.78, 5) is 32.2. The fourth-order valence-corrected chi connectivity index (χ4v) is 6.68. The Bertz CT molecular complexity index is 2150. The number of anilines is 3. The minimum Gasteiger partial charge on any atom is -0.324 e. The van der Waals surface area contributed by atoms with E-state index in [4.69, 9.17) is 9.97 Å². The van der Waals surface area contributed by atoms with E-state index in [1.54, 1.807) is 11.1 Å². The number of hydrogen-bond acceptors (Lipinski definition) is 7. The van der Waals surface area contributed by atoms with Crippen LogP contribution in [0, 0.1) is 11.3 Å². The van der Waals surface area contributed by atoms with Crippen LogP contribution >= 0.6 is 0 Å². The molecule has 256 valence electrons. The predicted octanol–water partition coefficient (Wildman–Crippen LogP) is 8.35. The van der Waals surface area contributed by atoms with Crippen LogP contribution in [0.3, 0.4) is 0 Å². The molecule has 3 aromatic heterocycles. The number of nitriles is 1. The van der Waals surface area contributed by atoms with E-state index in [2.05, 4.69) is 64.7 Å². The lowest BCUT2D eigenvalue weighted by atomic mass is 9.98. The van der Waals surface area contributed by atoms with Gasteiger partial charge in [0, 0.05) is 55.0 Å². The number of carbonyl (C=O) groups is 1. The molecule has 1 aliphatic rings. The number of nitrogens with one attached hydrogen (secondary N) is 2. The Labute approximate surface area is 298 Å².